The van der Waals surface area contributed by atoms with E-state index in [9.17, 15) is 4.79 Å². The molecule has 1 heterocycles. The summed E-state index contributed by atoms with van der Waals surface area (Å²) in [7, 11) is 0. The van der Waals surface area contributed by atoms with Gasteiger partial charge in [-0.2, -0.15) is 5.26 Å². The van der Waals surface area contributed by atoms with Gasteiger partial charge in [-0.05, 0) is 43.2 Å². The summed E-state index contributed by atoms with van der Waals surface area (Å²) in [5.74, 6) is -0.0373. The van der Waals surface area contributed by atoms with Gasteiger partial charge in [0.2, 0.25) is 0 Å². The number of hydrogen-bond donors (Lipinski definition) is 0. The maximum atomic E-state index is 12.6. The number of fused-ring (bicyclic) bond motifs is 1. The highest BCUT2D eigenvalue weighted by molar-refractivity contribution is 6.07. The summed E-state index contributed by atoms with van der Waals surface area (Å²) < 4.78 is 0. The molecule has 20 heavy (non-hydrogen) atoms. The van der Waals surface area contributed by atoms with Crippen LogP contribution >= 0.6 is 0 Å². The topological polar surface area (TPSA) is 44.1 Å². The zero-order valence-corrected chi connectivity index (χ0v) is 11.3. The van der Waals surface area contributed by atoms with Crippen molar-refractivity contribution in [3.05, 3.63) is 64.7 Å². The molecule has 0 aromatic heterocycles. The van der Waals surface area contributed by atoms with Crippen LogP contribution in [0, 0.1) is 18.3 Å². The Bertz CT molecular complexity index is 728. The Labute approximate surface area is 118 Å². The molecule has 98 valence electrons. The summed E-state index contributed by atoms with van der Waals surface area (Å²) in [4.78, 5) is 14.4. The second-order valence-corrected chi connectivity index (χ2v) is 5.03. The van der Waals surface area contributed by atoms with Gasteiger partial charge in [-0.25, -0.2) is 0 Å². The van der Waals surface area contributed by atoms with Crippen molar-refractivity contribution in [1.29, 1.82) is 5.26 Å². The molecular formula is C17H14N2O. The van der Waals surface area contributed by atoms with Crippen LogP contribution in [0.15, 0.2) is 42.5 Å². The molecule has 0 aliphatic carbocycles. The number of rotatable bonds is 1. The average Bonchev–Trinajstić information content (AvgIpc) is 2.89. The lowest BCUT2D eigenvalue weighted by Crippen LogP contribution is -2.28. The first kappa shape index (κ1) is 12.4. The predicted octanol–water partition coefficient (Wildman–Crippen LogP) is 3.07. The molecule has 2 aromatic carbocycles. The van der Waals surface area contributed by atoms with Gasteiger partial charge in [-0.3, -0.25) is 4.79 Å². The predicted molar refractivity (Wildman–Crippen MR) is 77.7 cm³/mol. The number of carbonyl (C=O) groups excluding carboxylic acids is 1. The normalized spacial score (nSPS) is 12.9. The smallest absolute Gasteiger partial charge is 0.258 e. The molecule has 0 N–H and O–H groups in total. The molecule has 3 rings (SSSR count). The van der Waals surface area contributed by atoms with Gasteiger partial charge in [0.15, 0.2) is 0 Å². The van der Waals surface area contributed by atoms with Gasteiger partial charge in [-0.1, -0.05) is 23.8 Å². The summed E-state index contributed by atoms with van der Waals surface area (Å²) >= 11 is 0. The molecule has 0 unspecified atom stereocenters. The van der Waals surface area contributed by atoms with Crippen LogP contribution in [-0.2, 0) is 6.42 Å². The van der Waals surface area contributed by atoms with E-state index in [0.717, 1.165) is 12.1 Å². The summed E-state index contributed by atoms with van der Waals surface area (Å²) in [5.41, 5.74) is 4.50. The van der Waals surface area contributed by atoms with E-state index in [1.165, 1.54) is 11.1 Å². The Morgan fingerprint density at radius 2 is 2.10 bits per heavy atom. The van der Waals surface area contributed by atoms with Crippen molar-refractivity contribution in [3.63, 3.8) is 0 Å². The van der Waals surface area contributed by atoms with Gasteiger partial charge >= 0.3 is 0 Å². The van der Waals surface area contributed by atoms with Gasteiger partial charge < -0.3 is 4.90 Å². The third-order valence-electron chi connectivity index (χ3n) is 3.61. The summed E-state index contributed by atoms with van der Waals surface area (Å²) in [6.45, 7) is 2.76. The van der Waals surface area contributed by atoms with Crippen LogP contribution < -0.4 is 4.90 Å². The maximum Gasteiger partial charge on any atom is 0.258 e. The Kier molecular flexibility index (Phi) is 3.00. The van der Waals surface area contributed by atoms with Crippen molar-refractivity contribution in [2.24, 2.45) is 0 Å². The minimum absolute atomic E-state index is 0.0373. The first-order valence-electron chi connectivity index (χ1n) is 6.60. The van der Waals surface area contributed by atoms with Gasteiger partial charge in [0, 0.05) is 17.8 Å². The molecule has 0 fully saturated rings. The van der Waals surface area contributed by atoms with E-state index in [0.29, 0.717) is 17.7 Å². The minimum Gasteiger partial charge on any atom is -0.308 e. The Hall–Kier alpha value is -2.60. The van der Waals surface area contributed by atoms with Gasteiger partial charge in [0.05, 0.1) is 11.6 Å². The molecule has 0 radical (unpaired) electrons. The highest BCUT2D eigenvalue weighted by Crippen LogP contribution is 2.30. The SMILES string of the molecule is Cc1ccc2c(c1)CCN2C(=O)c1cccc(C#N)c1. The van der Waals surface area contributed by atoms with Crippen LogP contribution in [0.5, 0.6) is 0 Å². The lowest BCUT2D eigenvalue weighted by Gasteiger charge is -2.17. The quantitative estimate of drug-likeness (QED) is 0.792. The number of aryl methyl sites for hydroxylation is 1. The molecule has 1 aliphatic heterocycles. The number of nitrogens with zero attached hydrogens (tertiary/aromatic N) is 2. The van der Waals surface area contributed by atoms with Crippen molar-refractivity contribution >= 4 is 11.6 Å². The fourth-order valence-electron chi connectivity index (χ4n) is 2.62. The third-order valence-corrected chi connectivity index (χ3v) is 3.61. The molecule has 0 spiro atoms. The van der Waals surface area contributed by atoms with Crippen LogP contribution in [0.25, 0.3) is 0 Å². The number of carbonyl (C=O) groups is 1. The number of benzene rings is 2. The average molecular weight is 262 g/mol. The van der Waals surface area contributed by atoms with E-state index in [1.54, 1.807) is 29.2 Å². The molecular weight excluding hydrogens is 248 g/mol. The van der Waals surface area contributed by atoms with Crippen LogP contribution in [0.1, 0.15) is 27.0 Å². The number of amides is 1. The molecule has 0 atom stereocenters. The first-order chi connectivity index (χ1) is 9.69. The van der Waals surface area contributed by atoms with Crippen LogP contribution in [-0.4, -0.2) is 12.5 Å². The largest absolute Gasteiger partial charge is 0.308 e. The fraction of sp³-hybridized carbons (Fsp3) is 0.176. The van der Waals surface area contributed by atoms with E-state index >= 15 is 0 Å². The van der Waals surface area contributed by atoms with E-state index in [-0.39, 0.29) is 5.91 Å². The number of anilines is 1. The van der Waals surface area contributed by atoms with Crippen LogP contribution in [0.2, 0.25) is 0 Å². The highest BCUT2D eigenvalue weighted by atomic mass is 16.2. The zero-order valence-electron chi connectivity index (χ0n) is 11.3. The van der Waals surface area contributed by atoms with E-state index in [4.69, 9.17) is 5.26 Å². The molecule has 3 nitrogen and oxygen atoms in total. The first-order valence-corrected chi connectivity index (χ1v) is 6.60. The number of nitriles is 1. The monoisotopic (exact) mass is 262 g/mol. The molecule has 0 saturated heterocycles. The van der Waals surface area contributed by atoms with Crippen LogP contribution in [0.3, 0.4) is 0 Å². The molecule has 2 aromatic rings. The third kappa shape index (κ3) is 2.06. The van der Waals surface area contributed by atoms with Crippen molar-refractivity contribution in [2.45, 2.75) is 13.3 Å². The Morgan fingerprint density at radius 3 is 2.90 bits per heavy atom. The zero-order chi connectivity index (χ0) is 14.1. The van der Waals surface area contributed by atoms with Crippen molar-refractivity contribution < 1.29 is 4.79 Å². The standard InChI is InChI=1S/C17H14N2O/c1-12-5-6-16-14(9-12)7-8-19(16)17(20)15-4-2-3-13(10-15)11-18/h2-6,9-10H,7-8H2,1H3. The summed E-state index contributed by atoms with van der Waals surface area (Å²) in [6.07, 6.45) is 0.890. The van der Waals surface area contributed by atoms with Gasteiger partial charge in [0.1, 0.15) is 0 Å². The lowest BCUT2D eigenvalue weighted by atomic mass is 10.1. The van der Waals surface area contributed by atoms with Crippen molar-refractivity contribution in [1.82, 2.24) is 0 Å². The van der Waals surface area contributed by atoms with E-state index < -0.39 is 0 Å². The van der Waals surface area contributed by atoms with Crippen molar-refractivity contribution in [2.75, 3.05) is 11.4 Å². The van der Waals surface area contributed by atoms with Gasteiger partial charge in [-0.15, -0.1) is 0 Å². The second-order valence-electron chi connectivity index (χ2n) is 5.03. The molecule has 0 saturated carbocycles. The van der Waals surface area contributed by atoms with E-state index in [2.05, 4.69) is 19.1 Å². The van der Waals surface area contributed by atoms with Crippen molar-refractivity contribution in [3.8, 4) is 6.07 Å². The summed E-state index contributed by atoms with van der Waals surface area (Å²) in [5, 5.41) is 8.92. The Morgan fingerprint density at radius 1 is 1.25 bits per heavy atom. The second kappa shape index (κ2) is 4.82. The van der Waals surface area contributed by atoms with Gasteiger partial charge in [0.25, 0.3) is 5.91 Å². The molecule has 0 bridgehead atoms. The Balaban J connectivity index is 1.96. The highest BCUT2D eigenvalue weighted by Gasteiger charge is 2.25. The van der Waals surface area contributed by atoms with Crippen LogP contribution in [0.4, 0.5) is 5.69 Å². The fourth-order valence-corrected chi connectivity index (χ4v) is 2.62. The van der Waals surface area contributed by atoms with E-state index in [1.807, 2.05) is 12.1 Å². The minimum atomic E-state index is -0.0373. The lowest BCUT2D eigenvalue weighted by molar-refractivity contribution is 0.0989. The maximum absolute atomic E-state index is 12.6. The molecule has 1 aliphatic rings. The molecule has 1 amide bonds. The molecule has 3 heteroatoms. The summed E-state index contributed by atoms with van der Waals surface area (Å²) in [6, 6.07) is 15.1. The number of hydrogen-bond acceptors (Lipinski definition) is 2.